The van der Waals surface area contributed by atoms with E-state index in [-0.39, 0.29) is 16.7 Å². The number of hydrogen-bond acceptors (Lipinski definition) is 5. The normalized spacial score (nSPS) is 15.1. The maximum Gasteiger partial charge on any atom is 0.345 e. The Morgan fingerprint density at radius 3 is 2.76 bits per heavy atom. The van der Waals surface area contributed by atoms with Crippen LogP contribution >= 0.6 is 11.6 Å². The van der Waals surface area contributed by atoms with Gasteiger partial charge in [-0.15, -0.1) is 0 Å². The molecule has 0 amide bonds. The quantitative estimate of drug-likeness (QED) is 0.469. The van der Waals surface area contributed by atoms with Crippen molar-refractivity contribution in [2.75, 3.05) is 13.2 Å². The van der Waals surface area contributed by atoms with Crippen LogP contribution in [0, 0.1) is 10.1 Å². The Bertz CT molecular complexity index is 472. The van der Waals surface area contributed by atoms with Crippen molar-refractivity contribution in [3.63, 3.8) is 0 Å². The van der Waals surface area contributed by atoms with Gasteiger partial charge in [0.25, 0.3) is 0 Å². The highest BCUT2D eigenvalue weighted by atomic mass is 35.5. The predicted octanol–water partition coefficient (Wildman–Crippen LogP) is 1.80. The average Bonchev–Trinajstić information content (AvgIpc) is 2.22. The molecule has 1 aliphatic heterocycles. The minimum Gasteiger partial charge on any atom is -0.454 e. The van der Waals surface area contributed by atoms with Gasteiger partial charge in [0.05, 0.1) is 18.1 Å². The second-order valence-corrected chi connectivity index (χ2v) is 3.87. The summed E-state index contributed by atoms with van der Waals surface area (Å²) in [6.45, 7) is 0.639. The molecule has 0 aliphatic carbocycles. The zero-order chi connectivity index (χ0) is 12.4. The van der Waals surface area contributed by atoms with Gasteiger partial charge in [0.2, 0.25) is 0 Å². The van der Waals surface area contributed by atoms with Crippen LogP contribution in [-0.2, 0) is 9.47 Å². The van der Waals surface area contributed by atoms with Crippen LogP contribution in [0.1, 0.15) is 10.4 Å². The van der Waals surface area contributed by atoms with E-state index in [0.717, 1.165) is 0 Å². The second kappa shape index (κ2) is 4.68. The maximum atomic E-state index is 11.7. The molecule has 90 valence electrons. The molecule has 0 aromatic heterocycles. The molecule has 1 saturated heterocycles. The first kappa shape index (κ1) is 11.8. The van der Waals surface area contributed by atoms with Crippen molar-refractivity contribution in [1.29, 1.82) is 0 Å². The average molecular weight is 258 g/mol. The van der Waals surface area contributed by atoms with E-state index in [1.54, 1.807) is 0 Å². The number of carbonyl (C=O) groups is 1. The van der Waals surface area contributed by atoms with Crippen molar-refractivity contribution < 1.29 is 19.2 Å². The second-order valence-electron chi connectivity index (χ2n) is 3.46. The first-order valence-electron chi connectivity index (χ1n) is 4.81. The maximum absolute atomic E-state index is 11.7. The SMILES string of the molecule is O=C(OC1COC1)c1cccc(Cl)c1[N+](=O)[O-]. The van der Waals surface area contributed by atoms with Crippen LogP contribution in [0.3, 0.4) is 0 Å². The topological polar surface area (TPSA) is 78.7 Å². The van der Waals surface area contributed by atoms with E-state index in [4.69, 9.17) is 21.1 Å². The van der Waals surface area contributed by atoms with Crippen LogP contribution in [0.25, 0.3) is 0 Å². The minimum atomic E-state index is -0.757. The van der Waals surface area contributed by atoms with Gasteiger partial charge in [0.15, 0.2) is 0 Å². The molecule has 1 aromatic rings. The van der Waals surface area contributed by atoms with Crippen molar-refractivity contribution >= 4 is 23.3 Å². The Labute approximate surface area is 101 Å². The summed E-state index contributed by atoms with van der Waals surface area (Å²) in [6.07, 6.45) is -0.332. The zero-order valence-corrected chi connectivity index (χ0v) is 9.35. The lowest BCUT2D eigenvalue weighted by Gasteiger charge is -2.25. The summed E-state index contributed by atoms with van der Waals surface area (Å²) in [6, 6.07) is 4.12. The molecule has 1 aliphatic rings. The van der Waals surface area contributed by atoms with Crippen molar-refractivity contribution in [2.45, 2.75) is 6.10 Å². The van der Waals surface area contributed by atoms with E-state index in [0.29, 0.717) is 13.2 Å². The fraction of sp³-hybridized carbons (Fsp3) is 0.300. The minimum absolute atomic E-state index is 0.0886. The number of esters is 1. The van der Waals surface area contributed by atoms with Gasteiger partial charge in [-0.05, 0) is 12.1 Å². The molecule has 6 nitrogen and oxygen atoms in total. The summed E-state index contributed by atoms with van der Waals surface area (Å²) >= 11 is 5.68. The molecular weight excluding hydrogens is 250 g/mol. The van der Waals surface area contributed by atoms with E-state index < -0.39 is 16.6 Å². The van der Waals surface area contributed by atoms with Gasteiger partial charge in [-0.1, -0.05) is 17.7 Å². The van der Waals surface area contributed by atoms with Gasteiger partial charge in [-0.3, -0.25) is 10.1 Å². The van der Waals surface area contributed by atoms with Gasteiger partial charge in [-0.25, -0.2) is 4.79 Å². The summed E-state index contributed by atoms with van der Waals surface area (Å²) < 4.78 is 9.83. The fourth-order valence-electron chi connectivity index (χ4n) is 1.36. The number of nitrogens with zero attached hydrogens (tertiary/aromatic N) is 1. The first-order valence-corrected chi connectivity index (χ1v) is 5.19. The van der Waals surface area contributed by atoms with Crippen molar-refractivity contribution in [3.8, 4) is 0 Å². The van der Waals surface area contributed by atoms with E-state index in [9.17, 15) is 14.9 Å². The van der Waals surface area contributed by atoms with Crippen LogP contribution in [-0.4, -0.2) is 30.2 Å². The van der Waals surface area contributed by atoms with Gasteiger partial charge in [-0.2, -0.15) is 0 Å². The number of ether oxygens (including phenoxy) is 2. The molecular formula is C10H8ClNO5. The molecule has 0 unspecified atom stereocenters. The molecule has 1 aromatic carbocycles. The highest BCUT2D eigenvalue weighted by molar-refractivity contribution is 6.33. The summed E-state index contributed by atoms with van der Waals surface area (Å²) in [7, 11) is 0. The predicted molar refractivity (Wildman–Crippen MR) is 58.1 cm³/mol. The van der Waals surface area contributed by atoms with Crippen LogP contribution in [0.4, 0.5) is 5.69 Å². The molecule has 2 rings (SSSR count). The Morgan fingerprint density at radius 2 is 2.24 bits per heavy atom. The molecule has 0 N–H and O–H groups in total. The molecule has 0 atom stereocenters. The molecule has 0 radical (unpaired) electrons. The van der Waals surface area contributed by atoms with E-state index in [1.807, 2.05) is 0 Å². The smallest absolute Gasteiger partial charge is 0.345 e. The van der Waals surface area contributed by atoms with Crippen LogP contribution < -0.4 is 0 Å². The monoisotopic (exact) mass is 257 g/mol. The molecule has 0 spiro atoms. The van der Waals surface area contributed by atoms with Gasteiger partial charge >= 0.3 is 11.7 Å². The molecule has 1 heterocycles. The number of benzene rings is 1. The van der Waals surface area contributed by atoms with Crippen LogP contribution in [0.2, 0.25) is 5.02 Å². The van der Waals surface area contributed by atoms with E-state index in [1.165, 1.54) is 18.2 Å². The third-order valence-corrected chi connectivity index (χ3v) is 2.58. The molecule has 1 fully saturated rings. The van der Waals surface area contributed by atoms with Crippen molar-refractivity contribution in [1.82, 2.24) is 0 Å². The number of halogens is 1. The van der Waals surface area contributed by atoms with Gasteiger partial charge in [0, 0.05) is 0 Å². The third kappa shape index (κ3) is 2.37. The summed E-state index contributed by atoms with van der Waals surface area (Å²) in [5, 5.41) is 10.7. The zero-order valence-electron chi connectivity index (χ0n) is 8.59. The largest absolute Gasteiger partial charge is 0.454 e. The number of para-hydroxylation sites is 1. The lowest BCUT2D eigenvalue weighted by atomic mass is 10.2. The highest BCUT2D eigenvalue weighted by Gasteiger charge is 2.29. The Kier molecular flexibility index (Phi) is 3.26. The first-order chi connectivity index (χ1) is 8.09. The summed E-state index contributed by atoms with van der Waals surface area (Å²) in [4.78, 5) is 21.8. The number of nitro groups is 1. The molecule has 7 heteroatoms. The fourth-order valence-corrected chi connectivity index (χ4v) is 1.61. The van der Waals surface area contributed by atoms with Gasteiger partial charge < -0.3 is 9.47 Å². The van der Waals surface area contributed by atoms with Crippen LogP contribution in [0.5, 0.6) is 0 Å². The number of rotatable bonds is 3. The van der Waals surface area contributed by atoms with Crippen LogP contribution in [0.15, 0.2) is 18.2 Å². The lowest BCUT2D eigenvalue weighted by molar-refractivity contribution is -0.385. The van der Waals surface area contributed by atoms with Crippen molar-refractivity contribution in [2.24, 2.45) is 0 Å². The molecule has 0 saturated carbocycles. The lowest BCUT2D eigenvalue weighted by Crippen LogP contribution is -2.37. The Morgan fingerprint density at radius 1 is 1.53 bits per heavy atom. The number of hydrogen-bond donors (Lipinski definition) is 0. The number of carbonyl (C=O) groups excluding carboxylic acids is 1. The standard InChI is InChI=1S/C10H8ClNO5/c11-8-3-1-2-7(9(8)12(14)15)10(13)17-6-4-16-5-6/h1-3,6H,4-5H2. The Balaban J connectivity index is 2.27. The summed E-state index contributed by atoms with van der Waals surface area (Å²) in [5.74, 6) is -0.757. The van der Waals surface area contributed by atoms with Crippen molar-refractivity contribution in [3.05, 3.63) is 38.9 Å². The third-order valence-electron chi connectivity index (χ3n) is 2.27. The number of nitro benzene ring substituents is 1. The highest BCUT2D eigenvalue weighted by Crippen LogP contribution is 2.29. The van der Waals surface area contributed by atoms with E-state index >= 15 is 0 Å². The van der Waals surface area contributed by atoms with Gasteiger partial charge in [0.1, 0.15) is 16.7 Å². The Hall–Kier alpha value is -1.66. The molecule has 0 bridgehead atoms. The van der Waals surface area contributed by atoms with E-state index in [2.05, 4.69) is 0 Å². The summed E-state index contributed by atoms with van der Waals surface area (Å²) in [5.41, 5.74) is -0.575. The molecule has 17 heavy (non-hydrogen) atoms.